The van der Waals surface area contributed by atoms with Gasteiger partial charge < -0.3 is 9.80 Å². The van der Waals surface area contributed by atoms with E-state index >= 15 is 0 Å². The van der Waals surface area contributed by atoms with E-state index in [0.29, 0.717) is 12.1 Å². The summed E-state index contributed by atoms with van der Waals surface area (Å²) in [5, 5.41) is 2.30. The van der Waals surface area contributed by atoms with Crippen LogP contribution in [0.2, 0.25) is 0 Å². The molecule has 29 heavy (non-hydrogen) atoms. The second-order valence-electron chi connectivity index (χ2n) is 9.15. The second kappa shape index (κ2) is 7.16. The number of hydrogen-bond acceptors (Lipinski definition) is 4. The number of benzene rings is 2. The molecule has 4 heteroatoms. The Morgan fingerprint density at radius 1 is 0.690 bits per heavy atom. The lowest BCUT2D eigenvalue weighted by molar-refractivity contribution is 0.419. The van der Waals surface area contributed by atoms with Crippen LogP contribution >= 0.6 is 0 Å². The van der Waals surface area contributed by atoms with E-state index in [2.05, 4.69) is 46.2 Å². The zero-order chi connectivity index (χ0) is 19.2. The molecule has 0 saturated heterocycles. The van der Waals surface area contributed by atoms with Crippen molar-refractivity contribution in [2.24, 2.45) is 9.98 Å². The predicted octanol–water partition coefficient (Wildman–Crippen LogP) is 5.15. The van der Waals surface area contributed by atoms with Gasteiger partial charge in [0.15, 0.2) is 0 Å². The van der Waals surface area contributed by atoms with Crippen LogP contribution in [0.1, 0.15) is 64.2 Å². The first-order valence-corrected chi connectivity index (χ1v) is 11.6. The van der Waals surface area contributed by atoms with E-state index in [4.69, 9.17) is 9.98 Å². The van der Waals surface area contributed by atoms with Crippen LogP contribution in [0.15, 0.2) is 46.4 Å². The van der Waals surface area contributed by atoms with E-state index in [1.165, 1.54) is 86.6 Å². The number of para-hydroxylation sites is 2. The normalized spacial score (nSPS) is 21.8. The molecule has 2 fully saturated rings. The van der Waals surface area contributed by atoms with Crippen molar-refractivity contribution < 1.29 is 0 Å². The Hall–Kier alpha value is -2.36. The number of rotatable bonds is 2. The summed E-state index contributed by atoms with van der Waals surface area (Å²) >= 11 is 0. The van der Waals surface area contributed by atoms with Crippen LogP contribution < -0.4 is 20.5 Å². The van der Waals surface area contributed by atoms with Crippen molar-refractivity contribution in [3.63, 3.8) is 0 Å². The third-order valence-corrected chi connectivity index (χ3v) is 7.37. The van der Waals surface area contributed by atoms with Gasteiger partial charge in [-0.3, -0.25) is 4.99 Å². The van der Waals surface area contributed by atoms with Gasteiger partial charge in [0.1, 0.15) is 6.67 Å². The second-order valence-corrected chi connectivity index (χ2v) is 9.15. The Morgan fingerprint density at radius 2 is 1.38 bits per heavy atom. The maximum Gasteiger partial charge on any atom is 0.111 e. The monoisotopic (exact) mass is 386 g/mol. The third kappa shape index (κ3) is 2.95. The lowest BCUT2D eigenvalue weighted by Gasteiger charge is -2.38. The van der Waals surface area contributed by atoms with Crippen molar-refractivity contribution in [1.82, 2.24) is 0 Å². The van der Waals surface area contributed by atoms with E-state index in [9.17, 15) is 0 Å². The number of fused-ring (bicyclic) bond motifs is 3. The molecule has 6 rings (SSSR count). The van der Waals surface area contributed by atoms with Crippen LogP contribution in [0.3, 0.4) is 0 Å². The molecule has 2 saturated carbocycles. The molecule has 0 amide bonds. The highest BCUT2D eigenvalue weighted by molar-refractivity contribution is 5.78. The highest BCUT2D eigenvalue weighted by Gasteiger charge is 2.31. The Balaban J connectivity index is 1.47. The summed E-state index contributed by atoms with van der Waals surface area (Å²) in [4.78, 5) is 15.2. The molecule has 0 radical (unpaired) electrons. The summed E-state index contributed by atoms with van der Waals surface area (Å²) < 4.78 is 0. The van der Waals surface area contributed by atoms with Gasteiger partial charge in [-0.15, -0.1) is 0 Å². The first-order valence-electron chi connectivity index (χ1n) is 11.6. The van der Waals surface area contributed by atoms with E-state index in [1.807, 2.05) is 0 Å². The van der Waals surface area contributed by atoms with Gasteiger partial charge in [0, 0.05) is 12.1 Å². The molecule has 4 nitrogen and oxygen atoms in total. The molecule has 0 bridgehead atoms. The lowest BCUT2D eigenvalue weighted by Crippen LogP contribution is -2.40. The fourth-order valence-electron chi connectivity index (χ4n) is 5.88. The highest BCUT2D eigenvalue weighted by atomic mass is 15.3. The van der Waals surface area contributed by atoms with Gasteiger partial charge in [-0.05, 0) is 49.9 Å². The maximum atomic E-state index is 5.10. The van der Waals surface area contributed by atoms with Gasteiger partial charge >= 0.3 is 0 Å². The minimum Gasteiger partial charge on any atom is -0.347 e. The van der Waals surface area contributed by atoms with Crippen molar-refractivity contribution >= 4 is 22.7 Å². The minimum absolute atomic E-state index is 0.577. The van der Waals surface area contributed by atoms with Crippen LogP contribution in [0.25, 0.3) is 0 Å². The van der Waals surface area contributed by atoms with Gasteiger partial charge in [-0.25, -0.2) is 4.99 Å². The van der Waals surface area contributed by atoms with Gasteiger partial charge in [0.2, 0.25) is 0 Å². The fourth-order valence-corrected chi connectivity index (χ4v) is 5.88. The largest absolute Gasteiger partial charge is 0.347 e. The topological polar surface area (TPSA) is 31.2 Å². The van der Waals surface area contributed by atoms with E-state index < -0.39 is 0 Å². The minimum atomic E-state index is 0.577. The number of nitrogens with zero attached hydrogens (tertiary/aromatic N) is 4. The SMILES string of the molecule is c1ccc2c(c1)N=c1cc3c(cc1N2C1CCCCC1)=NCN3C1CCCCC1. The molecule has 0 N–H and O–H groups in total. The molecule has 4 aliphatic rings. The predicted molar refractivity (Wildman–Crippen MR) is 118 cm³/mol. The van der Waals surface area contributed by atoms with E-state index in [0.717, 1.165) is 17.7 Å². The lowest BCUT2D eigenvalue weighted by atomic mass is 9.92. The first kappa shape index (κ1) is 17.5. The van der Waals surface area contributed by atoms with Crippen molar-refractivity contribution in [3.8, 4) is 0 Å². The molecular weight excluding hydrogens is 356 g/mol. The standard InChI is InChI=1S/C25H30N4/c1-3-9-18(10-4-1)28-17-26-21-15-25-22(16-24(21)28)27-20-13-7-8-14-23(20)29(25)19-11-5-2-6-12-19/h7-8,13-16,18-19H,1-6,9-12,17H2. The van der Waals surface area contributed by atoms with Gasteiger partial charge in [-0.1, -0.05) is 50.7 Å². The fraction of sp³-hybridized carbons (Fsp3) is 0.520. The third-order valence-electron chi connectivity index (χ3n) is 7.37. The zero-order valence-electron chi connectivity index (χ0n) is 17.2. The van der Waals surface area contributed by atoms with Crippen LogP contribution in [0.5, 0.6) is 0 Å². The molecule has 2 aliphatic carbocycles. The van der Waals surface area contributed by atoms with Gasteiger partial charge in [0.25, 0.3) is 0 Å². The Labute approximate surface area is 173 Å². The van der Waals surface area contributed by atoms with Crippen LogP contribution in [0, 0.1) is 0 Å². The van der Waals surface area contributed by atoms with Crippen molar-refractivity contribution in [3.05, 3.63) is 47.1 Å². The zero-order valence-corrected chi connectivity index (χ0v) is 17.2. The molecule has 2 aromatic rings. The molecule has 0 atom stereocenters. The highest BCUT2D eigenvalue weighted by Crippen LogP contribution is 2.40. The van der Waals surface area contributed by atoms with Crippen molar-refractivity contribution in [2.45, 2.75) is 76.3 Å². The van der Waals surface area contributed by atoms with Crippen LogP contribution in [-0.2, 0) is 0 Å². The van der Waals surface area contributed by atoms with E-state index in [-0.39, 0.29) is 0 Å². The van der Waals surface area contributed by atoms with Gasteiger partial charge in [0.05, 0.1) is 33.5 Å². The van der Waals surface area contributed by atoms with Gasteiger partial charge in [-0.2, -0.15) is 0 Å². The number of hydrogen-bond donors (Lipinski definition) is 0. The number of anilines is 3. The average Bonchev–Trinajstić information content (AvgIpc) is 3.20. The smallest absolute Gasteiger partial charge is 0.111 e. The van der Waals surface area contributed by atoms with Crippen molar-refractivity contribution in [2.75, 3.05) is 16.5 Å². The van der Waals surface area contributed by atoms with E-state index in [1.54, 1.807) is 0 Å². The summed E-state index contributed by atoms with van der Waals surface area (Å²) in [6, 6.07) is 14.6. The molecule has 2 aromatic carbocycles. The summed E-state index contributed by atoms with van der Waals surface area (Å²) in [5.74, 6) is 0. The van der Waals surface area contributed by atoms with Crippen LogP contribution in [-0.4, -0.2) is 18.8 Å². The summed E-state index contributed by atoms with van der Waals surface area (Å²) in [6.07, 6.45) is 13.3. The molecule has 150 valence electrons. The molecule has 2 aliphatic heterocycles. The molecule has 0 aromatic heterocycles. The molecule has 0 spiro atoms. The quantitative estimate of drug-likeness (QED) is 0.714. The Kier molecular flexibility index (Phi) is 4.32. The molecule has 2 heterocycles. The molecular formula is C25H30N4. The van der Waals surface area contributed by atoms with Crippen molar-refractivity contribution in [1.29, 1.82) is 0 Å². The molecule has 0 unspecified atom stereocenters. The average molecular weight is 387 g/mol. The summed E-state index contributed by atoms with van der Waals surface area (Å²) in [6.45, 7) is 0.819. The Morgan fingerprint density at radius 3 is 2.17 bits per heavy atom. The summed E-state index contributed by atoms with van der Waals surface area (Å²) in [7, 11) is 0. The Bertz CT molecular complexity index is 1030. The van der Waals surface area contributed by atoms with Crippen LogP contribution in [0.4, 0.5) is 22.7 Å². The summed E-state index contributed by atoms with van der Waals surface area (Å²) in [5.41, 5.74) is 4.96. The maximum absolute atomic E-state index is 5.10. The first-order chi connectivity index (χ1) is 14.4.